The Bertz CT molecular complexity index is 366. The molecule has 0 atom stereocenters. The molecule has 0 saturated carbocycles. The van der Waals surface area contributed by atoms with E-state index in [1.54, 1.807) is 12.1 Å². The molecule has 0 aromatic carbocycles. The standard InChI is InChI=1S/C12H18N2O2/c1-12(2,3)8-14(4)10-6-5-9(7-13-10)11(15)16/h5-7H,8H2,1-4H3,(H,15,16). The first kappa shape index (κ1) is 12.5. The number of carboxylic acid groups (broad SMARTS) is 1. The number of hydrogen-bond acceptors (Lipinski definition) is 3. The molecule has 0 aliphatic heterocycles. The molecule has 0 radical (unpaired) electrons. The molecule has 0 amide bonds. The second-order valence-electron chi connectivity index (χ2n) is 5.13. The van der Waals surface area contributed by atoms with Crippen molar-refractivity contribution in [1.29, 1.82) is 0 Å². The van der Waals surface area contributed by atoms with E-state index in [-0.39, 0.29) is 11.0 Å². The molecule has 0 aliphatic carbocycles. The molecule has 1 aromatic heterocycles. The molecule has 0 bridgehead atoms. The normalized spacial score (nSPS) is 11.2. The summed E-state index contributed by atoms with van der Waals surface area (Å²) in [6.07, 6.45) is 1.39. The summed E-state index contributed by atoms with van der Waals surface area (Å²) in [6, 6.07) is 3.30. The fraction of sp³-hybridized carbons (Fsp3) is 0.500. The first-order valence-corrected chi connectivity index (χ1v) is 5.20. The van der Waals surface area contributed by atoms with Crippen molar-refractivity contribution >= 4 is 11.8 Å². The lowest BCUT2D eigenvalue weighted by Gasteiger charge is -2.27. The van der Waals surface area contributed by atoms with Crippen LogP contribution in [-0.4, -0.2) is 29.7 Å². The van der Waals surface area contributed by atoms with Crippen LogP contribution in [0.4, 0.5) is 5.82 Å². The largest absolute Gasteiger partial charge is 0.478 e. The summed E-state index contributed by atoms with van der Waals surface area (Å²) in [5.74, 6) is -0.155. The van der Waals surface area contributed by atoms with Crippen LogP contribution in [0.2, 0.25) is 0 Å². The van der Waals surface area contributed by atoms with Crippen LogP contribution in [0.1, 0.15) is 31.1 Å². The molecule has 16 heavy (non-hydrogen) atoms. The van der Waals surface area contributed by atoms with Gasteiger partial charge in [0.25, 0.3) is 0 Å². The van der Waals surface area contributed by atoms with Gasteiger partial charge in [-0.05, 0) is 17.5 Å². The first-order valence-electron chi connectivity index (χ1n) is 5.20. The smallest absolute Gasteiger partial charge is 0.337 e. The van der Waals surface area contributed by atoms with Crippen molar-refractivity contribution in [2.75, 3.05) is 18.5 Å². The fourth-order valence-corrected chi connectivity index (χ4v) is 1.53. The van der Waals surface area contributed by atoms with Gasteiger partial charge in [-0.3, -0.25) is 0 Å². The minimum absolute atomic E-state index is 0.182. The van der Waals surface area contributed by atoms with Gasteiger partial charge in [0, 0.05) is 19.8 Å². The molecule has 1 rings (SSSR count). The van der Waals surface area contributed by atoms with E-state index in [2.05, 4.69) is 25.8 Å². The van der Waals surface area contributed by atoms with Crippen molar-refractivity contribution in [3.8, 4) is 0 Å². The molecule has 4 nitrogen and oxygen atoms in total. The number of aromatic carboxylic acids is 1. The number of carbonyl (C=O) groups is 1. The van der Waals surface area contributed by atoms with E-state index in [1.165, 1.54) is 6.20 Å². The van der Waals surface area contributed by atoms with Crippen LogP contribution in [0.15, 0.2) is 18.3 Å². The predicted molar refractivity (Wildman–Crippen MR) is 63.9 cm³/mol. The maximum atomic E-state index is 10.7. The molecule has 1 N–H and O–H groups in total. The zero-order valence-electron chi connectivity index (χ0n) is 10.2. The van der Waals surface area contributed by atoms with E-state index < -0.39 is 5.97 Å². The van der Waals surface area contributed by atoms with Gasteiger partial charge in [-0.1, -0.05) is 20.8 Å². The van der Waals surface area contributed by atoms with Gasteiger partial charge in [-0.25, -0.2) is 9.78 Å². The molecule has 88 valence electrons. The monoisotopic (exact) mass is 222 g/mol. The lowest BCUT2D eigenvalue weighted by molar-refractivity contribution is 0.0696. The summed E-state index contributed by atoms with van der Waals surface area (Å²) >= 11 is 0. The highest BCUT2D eigenvalue weighted by Gasteiger charge is 2.14. The molecular formula is C12H18N2O2. The van der Waals surface area contributed by atoms with Crippen LogP contribution in [0.5, 0.6) is 0 Å². The maximum Gasteiger partial charge on any atom is 0.337 e. The van der Waals surface area contributed by atoms with Gasteiger partial charge in [-0.2, -0.15) is 0 Å². The molecular weight excluding hydrogens is 204 g/mol. The van der Waals surface area contributed by atoms with Crippen LogP contribution < -0.4 is 4.90 Å². The predicted octanol–water partition coefficient (Wildman–Crippen LogP) is 2.26. The average molecular weight is 222 g/mol. The first-order chi connectivity index (χ1) is 7.29. The number of pyridine rings is 1. The van der Waals surface area contributed by atoms with E-state index in [4.69, 9.17) is 5.11 Å². The van der Waals surface area contributed by atoms with Gasteiger partial charge < -0.3 is 10.0 Å². The second kappa shape index (κ2) is 4.51. The summed E-state index contributed by atoms with van der Waals surface area (Å²) in [5.41, 5.74) is 0.398. The summed E-state index contributed by atoms with van der Waals surface area (Å²) < 4.78 is 0. The third kappa shape index (κ3) is 3.53. The number of anilines is 1. The Morgan fingerprint density at radius 2 is 2.06 bits per heavy atom. The zero-order chi connectivity index (χ0) is 12.3. The van der Waals surface area contributed by atoms with Crippen LogP contribution in [0.3, 0.4) is 0 Å². The fourth-order valence-electron chi connectivity index (χ4n) is 1.53. The third-order valence-electron chi connectivity index (χ3n) is 2.10. The van der Waals surface area contributed by atoms with Crippen LogP contribution in [0.25, 0.3) is 0 Å². The molecule has 0 fully saturated rings. The number of carboxylic acids is 1. The topological polar surface area (TPSA) is 53.4 Å². The Kier molecular flexibility index (Phi) is 3.52. The number of aromatic nitrogens is 1. The van der Waals surface area contributed by atoms with Crippen LogP contribution >= 0.6 is 0 Å². The van der Waals surface area contributed by atoms with E-state index in [9.17, 15) is 4.79 Å². The number of rotatable bonds is 3. The molecule has 0 aliphatic rings. The Balaban J connectivity index is 2.78. The van der Waals surface area contributed by atoms with E-state index in [0.29, 0.717) is 0 Å². The van der Waals surface area contributed by atoms with E-state index in [0.717, 1.165) is 12.4 Å². The lowest BCUT2D eigenvalue weighted by atomic mass is 9.96. The zero-order valence-corrected chi connectivity index (χ0v) is 10.2. The van der Waals surface area contributed by atoms with Crippen molar-refractivity contribution in [3.05, 3.63) is 23.9 Å². The summed E-state index contributed by atoms with van der Waals surface area (Å²) in [6.45, 7) is 7.31. The SMILES string of the molecule is CN(CC(C)(C)C)c1ccc(C(=O)O)cn1. The van der Waals surface area contributed by atoms with Gasteiger partial charge in [0.05, 0.1) is 5.56 Å². The molecule has 4 heteroatoms. The Morgan fingerprint density at radius 1 is 1.44 bits per heavy atom. The lowest BCUT2D eigenvalue weighted by Crippen LogP contribution is -2.29. The van der Waals surface area contributed by atoms with Gasteiger partial charge in [0.2, 0.25) is 0 Å². The van der Waals surface area contributed by atoms with Crippen molar-refractivity contribution < 1.29 is 9.90 Å². The third-order valence-corrected chi connectivity index (χ3v) is 2.10. The van der Waals surface area contributed by atoms with Gasteiger partial charge in [0.1, 0.15) is 5.82 Å². The molecule has 0 saturated heterocycles. The molecule has 0 spiro atoms. The highest BCUT2D eigenvalue weighted by atomic mass is 16.4. The van der Waals surface area contributed by atoms with Gasteiger partial charge in [0.15, 0.2) is 0 Å². The minimum Gasteiger partial charge on any atom is -0.478 e. The highest BCUT2D eigenvalue weighted by Crippen LogP contribution is 2.18. The number of hydrogen-bond donors (Lipinski definition) is 1. The summed E-state index contributed by atoms with van der Waals surface area (Å²) in [5, 5.41) is 8.75. The van der Waals surface area contributed by atoms with Crippen molar-refractivity contribution in [3.63, 3.8) is 0 Å². The van der Waals surface area contributed by atoms with E-state index >= 15 is 0 Å². The van der Waals surface area contributed by atoms with Crippen molar-refractivity contribution in [2.45, 2.75) is 20.8 Å². The summed E-state index contributed by atoms with van der Waals surface area (Å²) in [7, 11) is 1.95. The second-order valence-corrected chi connectivity index (χ2v) is 5.13. The Hall–Kier alpha value is -1.58. The van der Waals surface area contributed by atoms with Crippen molar-refractivity contribution in [2.24, 2.45) is 5.41 Å². The van der Waals surface area contributed by atoms with Gasteiger partial charge in [-0.15, -0.1) is 0 Å². The molecule has 1 aromatic rings. The van der Waals surface area contributed by atoms with Crippen LogP contribution in [0, 0.1) is 5.41 Å². The molecule has 1 heterocycles. The Labute approximate surface area is 95.9 Å². The Morgan fingerprint density at radius 3 is 2.44 bits per heavy atom. The van der Waals surface area contributed by atoms with E-state index in [1.807, 2.05) is 11.9 Å². The van der Waals surface area contributed by atoms with Crippen molar-refractivity contribution in [1.82, 2.24) is 4.98 Å². The average Bonchev–Trinajstić information content (AvgIpc) is 2.15. The van der Waals surface area contributed by atoms with Gasteiger partial charge >= 0.3 is 5.97 Å². The molecule has 0 unspecified atom stereocenters. The highest BCUT2D eigenvalue weighted by molar-refractivity contribution is 5.87. The number of nitrogens with zero attached hydrogens (tertiary/aromatic N) is 2. The minimum atomic E-state index is -0.947. The maximum absolute atomic E-state index is 10.7. The quantitative estimate of drug-likeness (QED) is 0.852. The van der Waals surface area contributed by atoms with Crippen LogP contribution in [-0.2, 0) is 0 Å². The summed E-state index contributed by atoms with van der Waals surface area (Å²) in [4.78, 5) is 16.8.